The Kier molecular flexibility index (Phi) is 5.85. The van der Waals surface area contributed by atoms with E-state index < -0.39 is 0 Å². The zero-order valence-corrected chi connectivity index (χ0v) is 15.2. The molecule has 1 saturated heterocycles. The highest BCUT2D eigenvalue weighted by Gasteiger charge is 2.24. The Morgan fingerprint density at radius 1 is 1.50 bits per heavy atom. The van der Waals surface area contributed by atoms with Crippen molar-refractivity contribution in [3.05, 3.63) is 34.5 Å². The maximum absolute atomic E-state index is 4.88. The lowest BCUT2D eigenvalue weighted by Gasteiger charge is -2.33. The Bertz CT molecular complexity index is 614. The van der Waals surface area contributed by atoms with E-state index in [0.29, 0.717) is 11.8 Å². The van der Waals surface area contributed by atoms with Crippen LogP contribution in [0.2, 0.25) is 0 Å². The van der Waals surface area contributed by atoms with Gasteiger partial charge in [-0.05, 0) is 42.2 Å². The lowest BCUT2D eigenvalue weighted by molar-refractivity contribution is 0.298. The largest absolute Gasteiger partial charge is 0.357 e. The van der Waals surface area contributed by atoms with Crippen molar-refractivity contribution in [1.29, 1.82) is 0 Å². The van der Waals surface area contributed by atoms with Crippen LogP contribution in [-0.4, -0.2) is 52.2 Å². The van der Waals surface area contributed by atoms with Gasteiger partial charge in [0.05, 0.1) is 0 Å². The van der Waals surface area contributed by atoms with Gasteiger partial charge in [0.1, 0.15) is 12.2 Å². The summed E-state index contributed by atoms with van der Waals surface area (Å²) in [6.45, 7) is 8.09. The number of hydrogen-bond acceptors (Lipinski definition) is 4. The summed E-state index contributed by atoms with van der Waals surface area (Å²) in [6, 6.07) is 2.20. The summed E-state index contributed by atoms with van der Waals surface area (Å²) < 4.78 is 0. The number of nitrogens with zero attached hydrogens (tertiary/aromatic N) is 4. The monoisotopic (exact) mass is 346 g/mol. The molecule has 1 atom stereocenters. The first-order chi connectivity index (χ1) is 11.8. The minimum atomic E-state index is 0.455. The van der Waals surface area contributed by atoms with Gasteiger partial charge < -0.3 is 10.2 Å². The second-order valence-electron chi connectivity index (χ2n) is 6.28. The number of piperidine rings is 1. The minimum Gasteiger partial charge on any atom is -0.357 e. The van der Waals surface area contributed by atoms with Crippen LogP contribution in [0.1, 0.15) is 49.9 Å². The van der Waals surface area contributed by atoms with Crippen LogP contribution >= 0.6 is 11.3 Å². The fraction of sp³-hybridized carbons (Fsp3) is 0.588. The lowest BCUT2D eigenvalue weighted by Crippen LogP contribution is -2.45. The fourth-order valence-corrected chi connectivity index (χ4v) is 3.87. The van der Waals surface area contributed by atoms with Crippen LogP contribution in [0.3, 0.4) is 0 Å². The molecule has 1 fully saturated rings. The van der Waals surface area contributed by atoms with Crippen molar-refractivity contribution in [3.63, 3.8) is 0 Å². The minimum absolute atomic E-state index is 0.455. The average Bonchev–Trinajstić information content (AvgIpc) is 3.32. The molecular formula is C17H26N6S. The second-order valence-corrected chi connectivity index (χ2v) is 7.06. The Labute approximate surface area is 147 Å². The topological polar surface area (TPSA) is 69.2 Å². The summed E-state index contributed by atoms with van der Waals surface area (Å²) in [6.07, 6.45) is 3.76. The Hall–Kier alpha value is -1.89. The van der Waals surface area contributed by atoms with Crippen molar-refractivity contribution in [1.82, 2.24) is 25.4 Å². The fourth-order valence-electron chi connectivity index (χ4n) is 3.09. The molecule has 7 heteroatoms. The number of likely N-dealkylation sites (tertiary alicyclic amines) is 1. The molecule has 0 amide bonds. The molecule has 0 spiro atoms. The smallest absolute Gasteiger partial charge is 0.193 e. The van der Waals surface area contributed by atoms with E-state index in [2.05, 4.69) is 56.1 Å². The molecule has 3 heterocycles. The molecule has 0 aliphatic carbocycles. The van der Waals surface area contributed by atoms with E-state index in [1.165, 1.54) is 5.56 Å². The van der Waals surface area contributed by atoms with E-state index in [1.54, 1.807) is 17.7 Å². The number of aromatic nitrogens is 3. The molecule has 3 rings (SSSR count). The molecule has 24 heavy (non-hydrogen) atoms. The normalized spacial score (nSPS) is 17.9. The number of H-pyrrole nitrogens is 1. The SMILES string of the molecule is CCNC(=NCC(C)c1ccsc1)N1CCC(c2ncn[nH]2)CC1. The lowest BCUT2D eigenvalue weighted by atomic mass is 9.96. The molecule has 0 aromatic carbocycles. The van der Waals surface area contributed by atoms with Gasteiger partial charge in [0, 0.05) is 38.0 Å². The van der Waals surface area contributed by atoms with Crippen LogP contribution in [0.5, 0.6) is 0 Å². The quantitative estimate of drug-likeness (QED) is 0.645. The molecule has 2 aromatic heterocycles. The van der Waals surface area contributed by atoms with E-state index in [9.17, 15) is 0 Å². The van der Waals surface area contributed by atoms with E-state index >= 15 is 0 Å². The summed E-state index contributed by atoms with van der Waals surface area (Å²) >= 11 is 1.75. The van der Waals surface area contributed by atoms with Crippen LogP contribution < -0.4 is 5.32 Å². The van der Waals surface area contributed by atoms with Gasteiger partial charge in [0.25, 0.3) is 0 Å². The Morgan fingerprint density at radius 2 is 2.33 bits per heavy atom. The standard InChI is InChI=1S/C17H26N6S/c1-3-18-17(19-10-13(2)15-6-9-24-11-15)23-7-4-14(5-8-23)16-20-12-21-22-16/h6,9,11-14H,3-5,7-8,10H2,1-2H3,(H,18,19)(H,20,21,22). The van der Waals surface area contributed by atoms with Gasteiger partial charge >= 0.3 is 0 Å². The molecular weight excluding hydrogens is 320 g/mol. The van der Waals surface area contributed by atoms with Crippen molar-refractivity contribution >= 4 is 17.3 Å². The second kappa shape index (κ2) is 8.28. The van der Waals surface area contributed by atoms with Gasteiger partial charge in [-0.15, -0.1) is 0 Å². The molecule has 1 unspecified atom stereocenters. The van der Waals surface area contributed by atoms with Crippen molar-refractivity contribution in [2.24, 2.45) is 4.99 Å². The predicted octanol–water partition coefficient (Wildman–Crippen LogP) is 2.81. The predicted molar refractivity (Wildman–Crippen MR) is 98.6 cm³/mol. The van der Waals surface area contributed by atoms with Gasteiger partial charge in [-0.2, -0.15) is 16.4 Å². The average molecular weight is 347 g/mol. The Balaban J connectivity index is 1.58. The molecule has 130 valence electrons. The third-order valence-electron chi connectivity index (χ3n) is 4.58. The summed E-state index contributed by atoms with van der Waals surface area (Å²) in [5, 5.41) is 14.8. The number of rotatable bonds is 5. The molecule has 1 aliphatic heterocycles. The highest BCUT2D eigenvalue weighted by atomic mass is 32.1. The highest BCUT2D eigenvalue weighted by Crippen LogP contribution is 2.25. The van der Waals surface area contributed by atoms with Crippen molar-refractivity contribution in [2.75, 3.05) is 26.2 Å². The summed E-state index contributed by atoms with van der Waals surface area (Å²) in [7, 11) is 0. The molecule has 0 radical (unpaired) electrons. The van der Waals surface area contributed by atoms with Crippen molar-refractivity contribution in [3.8, 4) is 0 Å². The van der Waals surface area contributed by atoms with E-state index in [1.807, 2.05) is 0 Å². The van der Waals surface area contributed by atoms with Gasteiger partial charge in [-0.1, -0.05) is 6.92 Å². The van der Waals surface area contributed by atoms with Crippen LogP contribution in [-0.2, 0) is 0 Å². The molecule has 2 N–H and O–H groups in total. The maximum atomic E-state index is 4.88. The van der Waals surface area contributed by atoms with Gasteiger partial charge in [-0.3, -0.25) is 10.1 Å². The molecule has 2 aromatic rings. The van der Waals surface area contributed by atoms with Crippen LogP contribution in [0.4, 0.5) is 0 Å². The first kappa shape index (κ1) is 17.0. The number of aliphatic imine (C=N–C) groups is 1. The van der Waals surface area contributed by atoms with E-state index in [0.717, 1.165) is 50.8 Å². The number of hydrogen-bond donors (Lipinski definition) is 2. The first-order valence-electron chi connectivity index (χ1n) is 8.68. The molecule has 1 aliphatic rings. The zero-order chi connectivity index (χ0) is 16.8. The van der Waals surface area contributed by atoms with Crippen LogP contribution in [0.25, 0.3) is 0 Å². The molecule has 0 bridgehead atoms. The third kappa shape index (κ3) is 4.14. The molecule has 0 saturated carbocycles. The van der Waals surface area contributed by atoms with E-state index in [4.69, 9.17) is 4.99 Å². The third-order valence-corrected chi connectivity index (χ3v) is 5.28. The summed E-state index contributed by atoms with van der Waals surface area (Å²) in [5.41, 5.74) is 1.38. The number of nitrogens with one attached hydrogen (secondary N) is 2. The Morgan fingerprint density at radius 3 is 2.96 bits per heavy atom. The highest BCUT2D eigenvalue weighted by molar-refractivity contribution is 7.07. The zero-order valence-electron chi connectivity index (χ0n) is 14.4. The van der Waals surface area contributed by atoms with Crippen molar-refractivity contribution < 1.29 is 0 Å². The van der Waals surface area contributed by atoms with Gasteiger partial charge in [-0.25, -0.2) is 4.98 Å². The number of aromatic amines is 1. The maximum Gasteiger partial charge on any atom is 0.193 e. The summed E-state index contributed by atoms with van der Waals surface area (Å²) in [5.74, 6) is 2.99. The summed E-state index contributed by atoms with van der Waals surface area (Å²) in [4.78, 5) is 11.6. The number of guanidine groups is 1. The van der Waals surface area contributed by atoms with Crippen molar-refractivity contribution in [2.45, 2.75) is 38.5 Å². The molecule has 6 nitrogen and oxygen atoms in total. The van der Waals surface area contributed by atoms with Gasteiger partial charge in [0.2, 0.25) is 0 Å². The van der Waals surface area contributed by atoms with E-state index in [-0.39, 0.29) is 0 Å². The number of thiophene rings is 1. The van der Waals surface area contributed by atoms with Crippen LogP contribution in [0.15, 0.2) is 28.1 Å². The van der Waals surface area contributed by atoms with Gasteiger partial charge in [0.15, 0.2) is 5.96 Å². The first-order valence-corrected chi connectivity index (χ1v) is 9.62. The van der Waals surface area contributed by atoms with Crippen LogP contribution in [0, 0.1) is 0 Å².